The van der Waals surface area contributed by atoms with Crippen LogP contribution in [0.25, 0.3) is 10.6 Å². The van der Waals surface area contributed by atoms with Crippen LogP contribution in [-0.2, 0) is 20.7 Å². The molecule has 144 valence electrons. The van der Waals surface area contributed by atoms with Gasteiger partial charge in [0.05, 0.1) is 19.2 Å². The summed E-state index contributed by atoms with van der Waals surface area (Å²) in [7, 11) is 1.61. The Morgan fingerprint density at radius 1 is 1.11 bits per heavy atom. The second kappa shape index (κ2) is 9.34. The van der Waals surface area contributed by atoms with Gasteiger partial charge in [-0.05, 0) is 48.5 Å². The first kappa shape index (κ1) is 19.9. The SMILES string of the molecule is COc1ccc(-c2nc(CC(=O)OCC(=O)Nc3ccc(Cl)cc3)cs2)cc1. The summed E-state index contributed by atoms with van der Waals surface area (Å²) in [6.45, 7) is -0.364. The Labute approximate surface area is 171 Å². The van der Waals surface area contributed by atoms with E-state index < -0.39 is 11.9 Å². The first-order chi connectivity index (χ1) is 13.5. The third kappa shape index (κ3) is 5.55. The molecule has 6 nitrogen and oxygen atoms in total. The van der Waals surface area contributed by atoms with E-state index >= 15 is 0 Å². The summed E-state index contributed by atoms with van der Waals surface area (Å²) >= 11 is 7.23. The van der Waals surface area contributed by atoms with Gasteiger partial charge in [0.25, 0.3) is 5.91 Å². The minimum atomic E-state index is -0.516. The number of nitrogens with one attached hydrogen (secondary N) is 1. The number of esters is 1. The Balaban J connectivity index is 1.48. The number of hydrogen-bond donors (Lipinski definition) is 1. The highest BCUT2D eigenvalue weighted by molar-refractivity contribution is 7.13. The maximum absolute atomic E-state index is 12.0. The molecule has 0 aliphatic heterocycles. The monoisotopic (exact) mass is 416 g/mol. The predicted octanol–water partition coefficient (Wildman–Crippen LogP) is 4.20. The molecule has 1 heterocycles. The van der Waals surface area contributed by atoms with E-state index in [9.17, 15) is 9.59 Å². The van der Waals surface area contributed by atoms with E-state index in [-0.39, 0.29) is 13.0 Å². The standard InChI is InChI=1S/C20H17ClN2O4S/c1-26-17-8-2-13(3-9-17)20-23-16(12-28-20)10-19(25)27-11-18(24)22-15-6-4-14(21)5-7-15/h2-9,12H,10-11H2,1H3,(H,22,24). The number of amides is 1. The van der Waals surface area contributed by atoms with Gasteiger partial charge in [0.15, 0.2) is 6.61 Å². The van der Waals surface area contributed by atoms with Gasteiger partial charge >= 0.3 is 5.97 Å². The first-order valence-corrected chi connectivity index (χ1v) is 9.59. The molecule has 0 bridgehead atoms. The molecule has 0 aliphatic carbocycles. The molecular formula is C20H17ClN2O4S. The molecular weight excluding hydrogens is 400 g/mol. The lowest BCUT2D eigenvalue weighted by molar-refractivity contribution is -0.146. The molecule has 1 amide bonds. The van der Waals surface area contributed by atoms with Crippen molar-refractivity contribution in [1.82, 2.24) is 4.98 Å². The topological polar surface area (TPSA) is 77.5 Å². The van der Waals surface area contributed by atoms with E-state index in [0.717, 1.165) is 16.3 Å². The van der Waals surface area contributed by atoms with Gasteiger partial charge in [0, 0.05) is 21.7 Å². The molecule has 3 aromatic rings. The van der Waals surface area contributed by atoms with Crippen LogP contribution >= 0.6 is 22.9 Å². The summed E-state index contributed by atoms with van der Waals surface area (Å²) < 4.78 is 10.2. The molecule has 0 unspecified atom stereocenters. The fourth-order valence-electron chi connectivity index (χ4n) is 2.33. The van der Waals surface area contributed by atoms with Crippen LogP contribution in [0.3, 0.4) is 0 Å². The van der Waals surface area contributed by atoms with Gasteiger partial charge in [-0.25, -0.2) is 4.98 Å². The van der Waals surface area contributed by atoms with Crippen molar-refractivity contribution in [2.45, 2.75) is 6.42 Å². The van der Waals surface area contributed by atoms with E-state index in [2.05, 4.69) is 10.3 Å². The number of hydrogen-bond acceptors (Lipinski definition) is 6. The zero-order valence-electron chi connectivity index (χ0n) is 15.0. The van der Waals surface area contributed by atoms with Crippen molar-refractivity contribution in [2.75, 3.05) is 19.0 Å². The molecule has 0 saturated carbocycles. The zero-order chi connectivity index (χ0) is 19.9. The van der Waals surface area contributed by atoms with Crippen LogP contribution in [0.4, 0.5) is 5.69 Å². The summed E-state index contributed by atoms with van der Waals surface area (Å²) in [6.07, 6.45) is 0.000873. The average molecular weight is 417 g/mol. The van der Waals surface area contributed by atoms with Gasteiger partial charge in [-0.3, -0.25) is 9.59 Å². The van der Waals surface area contributed by atoms with Crippen molar-refractivity contribution in [3.63, 3.8) is 0 Å². The molecule has 1 N–H and O–H groups in total. The maximum atomic E-state index is 12.0. The zero-order valence-corrected chi connectivity index (χ0v) is 16.5. The Kier molecular flexibility index (Phi) is 6.62. The van der Waals surface area contributed by atoms with E-state index in [1.165, 1.54) is 11.3 Å². The summed E-state index contributed by atoms with van der Waals surface area (Å²) in [5, 5.41) is 5.79. The molecule has 0 radical (unpaired) electrons. The average Bonchev–Trinajstić information content (AvgIpc) is 3.16. The quantitative estimate of drug-likeness (QED) is 0.584. The van der Waals surface area contributed by atoms with Gasteiger partial charge in [0.2, 0.25) is 0 Å². The largest absolute Gasteiger partial charge is 0.497 e. The maximum Gasteiger partial charge on any atom is 0.312 e. The Morgan fingerprint density at radius 3 is 2.50 bits per heavy atom. The third-order valence-corrected chi connectivity index (χ3v) is 4.90. The summed E-state index contributed by atoms with van der Waals surface area (Å²) in [6, 6.07) is 14.2. The summed E-state index contributed by atoms with van der Waals surface area (Å²) in [4.78, 5) is 28.3. The number of aromatic nitrogens is 1. The molecule has 0 fully saturated rings. The van der Waals surface area contributed by atoms with Crippen LogP contribution in [0.1, 0.15) is 5.69 Å². The van der Waals surface area contributed by atoms with Crippen molar-refractivity contribution in [1.29, 1.82) is 0 Å². The molecule has 1 aromatic heterocycles. The molecule has 2 aromatic carbocycles. The summed E-state index contributed by atoms with van der Waals surface area (Å²) in [5.41, 5.74) is 2.11. The van der Waals surface area contributed by atoms with Crippen molar-refractivity contribution >= 4 is 40.5 Å². The van der Waals surface area contributed by atoms with E-state index in [0.29, 0.717) is 16.4 Å². The highest BCUT2D eigenvalue weighted by atomic mass is 35.5. The normalized spacial score (nSPS) is 10.4. The van der Waals surface area contributed by atoms with Crippen LogP contribution in [-0.4, -0.2) is 30.6 Å². The minimum Gasteiger partial charge on any atom is -0.497 e. The first-order valence-electron chi connectivity index (χ1n) is 8.33. The number of methoxy groups -OCH3 is 1. The molecule has 3 rings (SSSR count). The predicted molar refractivity (Wildman–Crippen MR) is 109 cm³/mol. The van der Waals surface area contributed by atoms with Gasteiger partial charge in [-0.2, -0.15) is 0 Å². The van der Waals surface area contributed by atoms with Crippen molar-refractivity contribution in [3.05, 3.63) is 64.6 Å². The Hall–Kier alpha value is -2.90. The van der Waals surface area contributed by atoms with Crippen LogP contribution in [0.2, 0.25) is 5.02 Å². The Bertz CT molecular complexity index is 955. The molecule has 0 saturated heterocycles. The smallest absolute Gasteiger partial charge is 0.312 e. The van der Waals surface area contributed by atoms with Crippen molar-refractivity contribution < 1.29 is 19.1 Å². The number of ether oxygens (including phenoxy) is 2. The van der Waals surface area contributed by atoms with Crippen LogP contribution < -0.4 is 10.1 Å². The molecule has 0 spiro atoms. The highest BCUT2D eigenvalue weighted by Gasteiger charge is 2.12. The number of halogens is 1. The van der Waals surface area contributed by atoms with Gasteiger partial charge in [0.1, 0.15) is 10.8 Å². The number of nitrogens with zero attached hydrogens (tertiary/aromatic N) is 1. The van der Waals surface area contributed by atoms with Gasteiger partial charge in [-0.1, -0.05) is 11.6 Å². The number of thiazole rings is 1. The lowest BCUT2D eigenvalue weighted by Crippen LogP contribution is -2.21. The minimum absolute atomic E-state index is 0.000873. The number of benzene rings is 2. The number of rotatable bonds is 7. The molecule has 8 heteroatoms. The van der Waals surface area contributed by atoms with Crippen LogP contribution in [0.5, 0.6) is 5.75 Å². The number of carbonyl (C=O) groups excluding carboxylic acids is 2. The number of anilines is 1. The summed E-state index contributed by atoms with van der Waals surface area (Å²) in [5.74, 6) is -0.174. The second-order valence-electron chi connectivity index (χ2n) is 5.77. The van der Waals surface area contributed by atoms with Crippen molar-refractivity contribution in [2.24, 2.45) is 0 Å². The van der Waals surface area contributed by atoms with Gasteiger partial charge in [-0.15, -0.1) is 11.3 Å². The third-order valence-electron chi connectivity index (χ3n) is 3.71. The second-order valence-corrected chi connectivity index (χ2v) is 7.06. The fourth-order valence-corrected chi connectivity index (χ4v) is 3.28. The molecule has 0 atom stereocenters. The lowest BCUT2D eigenvalue weighted by atomic mass is 10.2. The van der Waals surface area contributed by atoms with Crippen molar-refractivity contribution in [3.8, 4) is 16.3 Å². The van der Waals surface area contributed by atoms with E-state index in [1.54, 1.807) is 36.8 Å². The molecule has 28 heavy (non-hydrogen) atoms. The van der Waals surface area contributed by atoms with E-state index in [4.69, 9.17) is 21.1 Å². The Morgan fingerprint density at radius 2 is 1.82 bits per heavy atom. The highest BCUT2D eigenvalue weighted by Crippen LogP contribution is 2.26. The molecule has 0 aliphatic rings. The van der Waals surface area contributed by atoms with E-state index in [1.807, 2.05) is 24.3 Å². The van der Waals surface area contributed by atoms with Crippen LogP contribution in [0.15, 0.2) is 53.9 Å². The van der Waals surface area contributed by atoms with Crippen LogP contribution in [0, 0.1) is 0 Å². The number of carbonyl (C=O) groups is 2. The van der Waals surface area contributed by atoms with Gasteiger partial charge < -0.3 is 14.8 Å². The lowest BCUT2D eigenvalue weighted by Gasteiger charge is -2.06. The fraction of sp³-hybridized carbons (Fsp3) is 0.150.